The van der Waals surface area contributed by atoms with Crippen LogP contribution in [0.5, 0.6) is 5.75 Å². The van der Waals surface area contributed by atoms with Crippen LogP contribution in [0.2, 0.25) is 0 Å². The van der Waals surface area contributed by atoms with Gasteiger partial charge in [-0.25, -0.2) is 4.98 Å². The van der Waals surface area contributed by atoms with Crippen LogP contribution >= 0.6 is 0 Å². The number of rotatable bonds is 4. The number of aliphatic hydroxyl groups is 1. The first-order valence-electron chi connectivity index (χ1n) is 7.98. The molecule has 1 aromatic heterocycles. The second-order valence-corrected chi connectivity index (χ2v) is 5.95. The molecule has 2 fully saturated rings. The molecule has 0 bridgehead atoms. The lowest BCUT2D eigenvalue weighted by atomic mass is 10.1. The average Bonchev–Trinajstić information content (AvgIpc) is 3.22. The van der Waals surface area contributed by atoms with Gasteiger partial charge < -0.3 is 29.6 Å². The minimum atomic E-state index is -0.565. The molecule has 4 rings (SSSR count). The maximum absolute atomic E-state index is 9.79. The Bertz CT molecular complexity index is 717. The number of aliphatic hydroxyl groups excluding tert-OH is 1. The molecule has 3 N–H and O–H groups in total. The van der Waals surface area contributed by atoms with E-state index in [2.05, 4.69) is 16.5 Å². The number of nitrogens with two attached hydrogens (primary N) is 1. The van der Waals surface area contributed by atoms with Gasteiger partial charge in [-0.2, -0.15) is 0 Å². The summed E-state index contributed by atoms with van der Waals surface area (Å²) in [5.41, 5.74) is 7.68. The van der Waals surface area contributed by atoms with Gasteiger partial charge in [0.15, 0.2) is 6.10 Å². The van der Waals surface area contributed by atoms with Crippen LogP contribution in [0, 0.1) is 0 Å². The van der Waals surface area contributed by atoms with Gasteiger partial charge in [-0.05, 0) is 19.1 Å². The number of benzene rings is 1. The Morgan fingerprint density at radius 3 is 2.96 bits per heavy atom. The molecule has 3 heterocycles. The van der Waals surface area contributed by atoms with Crippen molar-refractivity contribution in [1.29, 1.82) is 0 Å². The van der Waals surface area contributed by atoms with Crippen molar-refractivity contribution in [3.05, 3.63) is 24.0 Å². The van der Waals surface area contributed by atoms with Crippen LogP contribution in [-0.4, -0.2) is 52.3 Å². The number of fused-ring (bicyclic) bond motifs is 2. The third-order valence-electron chi connectivity index (χ3n) is 4.57. The lowest BCUT2D eigenvalue weighted by Gasteiger charge is -2.18. The van der Waals surface area contributed by atoms with E-state index in [-0.39, 0.29) is 18.3 Å². The number of imidazole rings is 1. The van der Waals surface area contributed by atoms with Gasteiger partial charge in [-0.3, -0.25) is 0 Å². The van der Waals surface area contributed by atoms with E-state index in [1.807, 2.05) is 18.2 Å². The zero-order valence-electron chi connectivity index (χ0n) is 13.0. The predicted molar refractivity (Wildman–Crippen MR) is 83.2 cm³/mol. The molecule has 2 aliphatic rings. The van der Waals surface area contributed by atoms with Gasteiger partial charge in [0.05, 0.1) is 30.8 Å². The molecule has 7 nitrogen and oxygen atoms in total. The van der Waals surface area contributed by atoms with E-state index in [0.29, 0.717) is 19.8 Å². The Hall–Kier alpha value is -1.67. The van der Waals surface area contributed by atoms with E-state index in [1.54, 1.807) is 0 Å². The van der Waals surface area contributed by atoms with Gasteiger partial charge in [0.2, 0.25) is 0 Å². The summed E-state index contributed by atoms with van der Waals surface area (Å²) in [5, 5.41) is 9.79. The summed E-state index contributed by atoms with van der Waals surface area (Å²) in [7, 11) is 0. The fourth-order valence-electron chi connectivity index (χ4n) is 3.45. The number of hydrogen-bond donors (Lipinski definition) is 2. The van der Waals surface area contributed by atoms with Crippen molar-refractivity contribution in [2.24, 2.45) is 5.73 Å². The number of nitrogens with zero attached hydrogens (tertiary/aromatic N) is 2. The number of hydrogen-bond acceptors (Lipinski definition) is 6. The molecular weight excluding hydrogens is 298 g/mol. The second kappa shape index (κ2) is 5.76. The van der Waals surface area contributed by atoms with Crippen molar-refractivity contribution in [2.75, 3.05) is 13.2 Å². The van der Waals surface area contributed by atoms with E-state index >= 15 is 0 Å². The standard InChI is InChI=1S/C16H21N3O4/c1-2-19-11-5-9(3-4-10(11)18-14(19)6-17)23-13-8-22-15-12(20)7-21-16(13)15/h3-5,12-13,15-16,20H,2,6-8,17H2,1H3/t12-,13-,15-,16-/m1/s1. The first-order chi connectivity index (χ1) is 11.2. The van der Waals surface area contributed by atoms with Gasteiger partial charge in [-0.1, -0.05) is 0 Å². The highest BCUT2D eigenvalue weighted by molar-refractivity contribution is 5.77. The van der Waals surface area contributed by atoms with E-state index in [9.17, 15) is 5.11 Å². The quantitative estimate of drug-likeness (QED) is 0.849. The van der Waals surface area contributed by atoms with Gasteiger partial charge in [-0.15, -0.1) is 0 Å². The molecule has 2 aromatic rings. The second-order valence-electron chi connectivity index (χ2n) is 5.95. The van der Waals surface area contributed by atoms with Crippen molar-refractivity contribution in [3.63, 3.8) is 0 Å². The van der Waals surface area contributed by atoms with Gasteiger partial charge in [0.25, 0.3) is 0 Å². The first-order valence-corrected chi connectivity index (χ1v) is 7.98. The molecule has 23 heavy (non-hydrogen) atoms. The Morgan fingerprint density at radius 2 is 2.17 bits per heavy atom. The fraction of sp³-hybridized carbons (Fsp3) is 0.562. The maximum atomic E-state index is 9.79. The van der Waals surface area contributed by atoms with E-state index in [4.69, 9.17) is 19.9 Å². The SMILES string of the molecule is CCn1c(CN)nc2ccc(O[C@@H]3CO[C@H]4[C@@H]3OC[C@H]4O)cc21. The first kappa shape index (κ1) is 14.9. The highest BCUT2D eigenvalue weighted by Gasteiger charge is 2.48. The largest absolute Gasteiger partial charge is 0.485 e. The fourth-order valence-corrected chi connectivity index (χ4v) is 3.45. The molecule has 124 valence electrons. The molecule has 7 heteroatoms. The van der Waals surface area contributed by atoms with Crippen LogP contribution in [0.25, 0.3) is 11.0 Å². The third kappa shape index (κ3) is 2.40. The summed E-state index contributed by atoms with van der Waals surface area (Å²) in [5.74, 6) is 1.61. The maximum Gasteiger partial charge on any atom is 0.151 e. The lowest BCUT2D eigenvalue weighted by molar-refractivity contribution is 0.00865. The summed E-state index contributed by atoms with van der Waals surface area (Å²) in [6.45, 7) is 4.00. The van der Waals surface area contributed by atoms with E-state index in [0.717, 1.165) is 29.2 Å². The van der Waals surface area contributed by atoms with Crippen LogP contribution in [0.3, 0.4) is 0 Å². The minimum Gasteiger partial charge on any atom is -0.485 e. The van der Waals surface area contributed by atoms with Gasteiger partial charge in [0, 0.05) is 12.6 Å². The van der Waals surface area contributed by atoms with Crippen LogP contribution < -0.4 is 10.5 Å². The molecule has 0 unspecified atom stereocenters. The molecule has 0 spiro atoms. The topological polar surface area (TPSA) is 91.8 Å². The van der Waals surface area contributed by atoms with Crippen molar-refractivity contribution in [3.8, 4) is 5.75 Å². The van der Waals surface area contributed by atoms with Crippen molar-refractivity contribution in [2.45, 2.75) is 44.4 Å². The monoisotopic (exact) mass is 319 g/mol. The summed E-state index contributed by atoms with van der Waals surface area (Å²) in [4.78, 5) is 4.54. The minimum absolute atomic E-state index is 0.207. The highest BCUT2D eigenvalue weighted by Crippen LogP contribution is 2.31. The van der Waals surface area contributed by atoms with Crippen LogP contribution in [-0.2, 0) is 22.6 Å². The van der Waals surface area contributed by atoms with E-state index < -0.39 is 6.10 Å². The molecule has 4 atom stereocenters. The average molecular weight is 319 g/mol. The molecule has 2 aliphatic heterocycles. The number of aromatic nitrogens is 2. The molecular formula is C16H21N3O4. The Balaban J connectivity index is 1.60. The van der Waals surface area contributed by atoms with Gasteiger partial charge >= 0.3 is 0 Å². The highest BCUT2D eigenvalue weighted by atomic mass is 16.6. The number of aryl methyl sites for hydroxylation is 1. The van der Waals surface area contributed by atoms with E-state index in [1.165, 1.54) is 0 Å². The molecule has 0 saturated carbocycles. The smallest absolute Gasteiger partial charge is 0.151 e. The summed E-state index contributed by atoms with van der Waals surface area (Å²) < 4.78 is 19.3. The Kier molecular flexibility index (Phi) is 3.73. The van der Waals surface area contributed by atoms with Gasteiger partial charge in [0.1, 0.15) is 29.9 Å². The Labute approximate surface area is 133 Å². The van der Waals surface area contributed by atoms with Crippen molar-refractivity contribution < 1.29 is 19.3 Å². The third-order valence-corrected chi connectivity index (χ3v) is 4.57. The lowest BCUT2D eigenvalue weighted by Crippen LogP contribution is -2.34. The zero-order chi connectivity index (χ0) is 16.0. The summed E-state index contributed by atoms with van der Waals surface area (Å²) in [6.07, 6.45) is -1.27. The molecule has 2 saturated heterocycles. The predicted octanol–water partition coefficient (Wildman–Crippen LogP) is 0.421. The van der Waals surface area contributed by atoms with Crippen LogP contribution in [0.15, 0.2) is 18.2 Å². The Morgan fingerprint density at radius 1 is 1.35 bits per heavy atom. The van der Waals surface area contributed by atoms with Crippen molar-refractivity contribution in [1.82, 2.24) is 9.55 Å². The van der Waals surface area contributed by atoms with Crippen molar-refractivity contribution >= 4 is 11.0 Å². The molecule has 0 radical (unpaired) electrons. The number of ether oxygens (including phenoxy) is 3. The van der Waals surface area contributed by atoms with Crippen LogP contribution in [0.1, 0.15) is 12.7 Å². The summed E-state index contributed by atoms with van der Waals surface area (Å²) >= 11 is 0. The van der Waals surface area contributed by atoms with Crippen LogP contribution in [0.4, 0.5) is 0 Å². The molecule has 0 amide bonds. The molecule has 1 aromatic carbocycles. The summed E-state index contributed by atoms with van der Waals surface area (Å²) in [6, 6.07) is 5.81. The molecule has 0 aliphatic carbocycles. The zero-order valence-corrected chi connectivity index (χ0v) is 13.0. The normalized spacial score (nSPS) is 30.0.